The monoisotopic (exact) mass is 229 g/mol. The zero-order valence-electron chi connectivity index (χ0n) is 10.7. The Morgan fingerprint density at radius 3 is 2.47 bits per heavy atom. The molecule has 0 saturated carbocycles. The topological polar surface area (TPSA) is 22.1 Å². The standard InChI is InChI=1S/C13H13NO.C2H6/c1-2-11-6-3-4-8-13(11)15-12-7-5-9-14-10-12;1-2/h3-10H,2H2,1H3;1-2H3. The van der Waals surface area contributed by atoms with E-state index in [1.54, 1.807) is 12.4 Å². The maximum Gasteiger partial charge on any atom is 0.145 e. The first-order valence-electron chi connectivity index (χ1n) is 6.06. The minimum absolute atomic E-state index is 0.776. The number of benzene rings is 1. The molecule has 2 nitrogen and oxygen atoms in total. The van der Waals surface area contributed by atoms with Crippen LogP contribution in [0.15, 0.2) is 48.8 Å². The van der Waals surface area contributed by atoms with Crippen LogP contribution in [0.25, 0.3) is 0 Å². The van der Waals surface area contributed by atoms with E-state index in [9.17, 15) is 0 Å². The lowest BCUT2D eigenvalue weighted by Gasteiger charge is -2.08. The highest BCUT2D eigenvalue weighted by Crippen LogP contribution is 2.24. The Labute approximate surface area is 103 Å². The molecule has 0 bridgehead atoms. The second-order valence-corrected chi connectivity index (χ2v) is 3.25. The van der Waals surface area contributed by atoms with Crippen molar-refractivity contribution >= 4 is 0 Å². The van der Waals surface area contributed by atoms with Gasteiger partial charge in [0.2, 0.25) is 0 Å². The lowest BCUT2D eigenvalue weighted by Crippen LogP contribution is -1.89. The minimum atomic E-state index is 0.776. The Balaban J connectivity index is 0.000000686. The fraction of sp³-hybridized carbons (Fsp3) is 0.267. The summed E-state index contributed by atoms with van der Waals surface area (Å²) in [6.45, 7) is 6.12. The van der Waals surface area contributed by atoms with Crippen LogP contribution in [0.1, 0.15) is 26.3 Å². The van der Waals surface area contributed by atoms with Crippen LogP contribution in [-0.4, -0.2) is 4.98 Å². The SMILES string of the molecule is CC.CCc1ccccc1Oc1cccnc1. The summed E-state index contributed by atoms with van der Waals surface area (Å²) in [4.78, 5) is 4.01. The molecule has 0 spiro atoms. The average molecular weight is 229 g/mol. The van der Waals surface area contributed by atoms with Crippen molar-refractivity contribution < 1.29 is 4.74 Å². The fourth-order valence-corrected chi connectivity index (χ4v) is 1.43. The van der Waals surface area contributed by atoms with Crippen LogP contribution in [0, 0.1) is 0 Å². The van der Waals surface area contributed by atoms with Gasteiger partial charge in [-0.2, -0.15) is 0 Å². The first-order chi connectivity index (χ1) is 8.40. The molecular formula is C15H19NO. The van der Waals surface area contributed by atoms with Gasteiger partial charge in [-0.05, 0) is 30.2 Å². The first kappa shape index (κ1) is 13.2. The number of hydrogen-bond donors (Lipinski definition) is 0. The van der Waals surface area contributed by atoms with Gasteiger partial charge in [-0.25, -0.2) is 0 Å². The van der Waals surface area contributed by atoms with Crippen molar-refractivity contribution in [3.8, 4) is 11.5 Å². The molecule has 0 amide bonds. The van der Waals surface area contributed by atoms with Crippen molar-refractivity contribution in [1.82, 2.24) is 4.98 Å². The highest BCUT2D eigenvalue weighted by Gasteiger charge is 2.01. The van der Waals surface area contributed by atoms with Gasteiger partial charge < -0.3 is 4.74 Å². The normalized spacial score (nSPS) is 9.12. The number of nitrogens with zero attached hydrogens (tertiary/aromatic N) is 1. The number of rotatable bonds is 3. The summed E-state index contributed by atoms with van der Waals surface area (Å²) in [6, 6.07) is 11.8. The third-order valence-corrected chi connectivity index (χ3v) is 2.22. The van der Waals surface area contributed by atoms with Gasteiger partial charge in [0.15, 0.2) is 0 Å². The molecule has 1 heterocycles. The molecule has 2 rings (SSSR count). The average Bonchev–Trinajstić information content (AvgIpc) is 2.43. The zero-order chi connectivity index (χ0) is 12.5. The lowest BCUT2D eigenvalue weighted by atomic mass is 10.1. The quantitative estimate of drug-likeness (QED) is 0.775. The predicted octanol–water partition coefficient (Wildman–Crippen LogP) is 4.46. The molecule has 1 aromatic carbocycles. The smallest absolute Gasteiger partial charge is 0.145 e. The Kier molecular flexibility index (Phi) is 5.80. The second kappa shape index (κ2) is 7.44. The molecule has 0 atom stereocenters. The van der Waals surface area contributed by atoms with Crippen LogP contribution in [0.3, 0.4) is 0 Å². The molecule has 0 fully saturated rings. The molecule has 0 aliphatic heterocycles. The highest BCUT2D eigenvalue weighted by molar-refractivity contribution is 5.36. The van der Waals surface area contributed by atoms with E-state index in [0.717, 1.165) is 17.9 Å². The fourth-order valence-electron chi connectivity index (χ4n) is 1.43. The van der Waals surface area contributed by atoms with E-state index in [-0.39, 0.29) is 0 Å². The molecule has 0 aliphatic carbocycles. The summed E-state index contributed by atoms with van der Waals surface area (Å²) in [5.41, 5.74) is 1.21. The second-order valence-electron chi connectivity index (χ2n) is 3.25. The molecule has 0 unspecified atom stereocenters. The summed E-state index contributed by atoms with van der Waals surface area (Å²) in [5, 5.41) is 0. The van der Waals surface area contributed by atoms with E-state index in [1.807, 2.05) is 44.2 Å². The van der Waals surface area contributed by atoms with Gasteiger partial charge in [-0.3, -0.25) is 4.98 Å². The number of aryl methyl sites for hydroxylation is 1. The molecule has 2 heteroatoms. The molecular weight excluding hydrogens is 210 g/mol. The summed E-state index contributed by atoms with van der Waals surface area (Å²) in [7, 11) is 0. The molecule has 0 N–H and O–H groups in total. The van der Waals surface area contributed by atoms with Crippen LogP contribution in [0.2, 0.25) is 0 Å². The lowest BCUT2D eigenvalue weighted by molar-refractivity contribution is 0.474. The van der Waals surface area contributed by atoms with Gasteiger partial charge in [0, 0.05) is 6.20 Å². The van der Waals surface area contributed by atoms with Crippen molar-refractivity contribution in [2.75, 3.05) is 0 Å². The zero-order valence-corrected chi connectivity index (χ0v) is 10.7. The highest BCUT2D eigenvalue weighted by atomic mass is 16.5. The third kappa shape index (κ3) is 3.91. The summed E-state index contributed by atoms with van der Waals surface area (Å²) < 4.78 is 5.74. The molecule has 17 heavy (non-hydrogen) atoms. The summed E-state index contributed by atoms with van der Waals surface area (Å²) >= 11 is 0. The minimum Gasteiger partial charge on any atom is -0.455 e. The van der Waals surface area contributed by atoms with Crippen molar-refractivity contribution in [3.05, 3.63) is 54.4 Å². The Hall–Kier alpha value is -1.83. The predicted molar refractivity (Wildman–Crippen MR) is 71.5 cm³/mol. The van der Waals surface area contributed by atoms with Crippen molar-refractivity contribution in [2.45, 2.75) is 27.2 Å². The molecule has 2 aromatic rings. The number of pyridine rings is 1. The van der Waals surface area contributed by atoms with Gasteiger partial charge in [-0.1, -0.05) is 39.0 Å². The molecule has 0 aliphatic rings. The Morgan fingerprint density at radius 1 is 1.06 bits per heavy atom. The number of hydrogen-bond acceptors (Lipinski definition) is 2. The van der Waals surface area contributed by atoms with Gasteiger partial charge >= 0.3 is 0 Å². The van der Waals surface area contributed by atoms with Gasteiger partial charge in [-0.15, -0.1) is 0 Å². The maximum atomic E-state index is 5.74. The molecule has 90 valence electrons. The summed E-state index contributed by atoms with van der Waals surface area (Å²) in [5.74, 6) is 1.69. The third-order valence-electron chi connectivity index (χ3n) is 2.22. The molecule has 0 radical (unpaired) electrons. The van der Waals surface area contributed by atoms with E-state index in [4.69, 9.17) is 4.74 Å². The number of para-hydroxylation sites is 1. The van der Waals surface area contributed by atoms with E-state index in [1.165, 1.54) is 5.56 Å². The van der Waals surface area contributed by atoms with E-state index >= 15 is 0 Å². The van der Waals surface area contributed by atoms with Crippen molar-refractivity contribution in [3.63, 3.8) is 0 Å². The number of aromatic nitrogens is 1. The molecule has 1 aromatic heterocycles. The van der Waals surface area contributed by atoms with E-state index in [0.29, 0.717) is 0 Å². The Morgan fingerprint density at radius 2 is 1.82 bits per heavy atom. The number of ether oxygens (including phenoxy) is 1. The largest absolute Gasteiger partial charge is 0.455 e. The van der Waals surface area contributed by atoms with Crippen LogP contribution < -0.4 is 4.74 Å². The van der Waals surface area contributed by atoms with Gasteiger partial charge in [0.1, 0.15) is 11.5 Å². The molecule has 0 saturated heterocycles. The van der Waals surface area contributed by atoms with Crippen LogP contribution in [-0.2, 0) is 6.42 Å². The van der Waals surface area contributed by atoms with Gasteiger partial charge in [0.05, 0.1) is 6.20 Å². The maximum absolute atomic E-state index is 5.74. The van der Waals surface area contributed by atoms with Crippen molar-refractivity contribution in [2.24, 2.45) is 0 Å². The Bertz CT molecular complexity index is 426. The van der Waals surface area contributed by atoms with E-state index < -0.39 is 0 Å². The van der Waals surface area contributed by atoms with Gasteiger partial charge in [0.25, 0.3) is 0 Å². The first-order valence-corrected chi connectivity index (χ1v) is 6.06. The van der Waals surface area contributed by atoms with E-state index in [2.05, 4.69) is 18.0 Å². The van der Waals surface area contributed by atoms with Crippen LogP contribution >= 0.6 is 0 Å². The van der Waals surface area contributed by atoms with Crippen LogP contribution in [0.5, 0.6) is 11.5 Å². The van der Waals surface area contributed by atoms with Crippen LogP contribution in [0.4, 0.5) is 0 Å². The van der Waals surface area contributed by atoms with Crippen molar-refractivity contribution in [1.29, 1.82) is 0 Å². The summed E-state index contributed by atoms with van der Waals surface area (Å²) in [6.07, 6.45) is 4.42.